The zero-order valence-electron chi connectivity index (χ0n) is 30.4. The molecule has 2 N–H and O–H groups in total. The smallest absolute Gasteiger partial charge is 0.303 e. The van der Waals surface area contributed by atoms with Crippen molar-refractivity contribution in [2.24, 2.45) is 40.4 Å². The quantitative estimate of drug-likeness (QED) is 0.226. The Bertz CT molecular complexity index is 1290. The van der Waals surface area contributed by atoms with Crippen LogP contribution in [0.2, 0.25) is 0 Å². The molecule has 0 aromatic rings. The van der Waals surface area contributed by atoms with E-state index in [1.807, 2.05) is 19.9 Å². The lowest BCUT2D eigenvalue weighted by Crippen LogP contribution is -2.57. The maximum Gasteiger partial charge on any atom is 0.303 e. The number of fused-ring (bicyclic) bond motifs is 5. The van der Waals surface area contributed by atoms with Gasteiger partial charge in [0.15, 0.2) is 24.3 Å². The molecular weight excluding hydrogens is 632 g/mol. The predicted octanol–water partition coefficient (Wildman–Crippen LogP) is 4.83. The lowest BCUT2D eigenvalue weighted by atomic mass is 9.46. The molecule has 276 valence electrons. The van der Waals surface area contributed by atoms with E-state index in [4.69, 9.17) is 23.7 Å². The highest BCUT2D eigenvalue weighted by molar-refractivity contribution is 5.91. The fourth-order valence-electron chi connectivity index (χ4n) is 10.7. The van der Waals surface area contributed by atoms with Crippen LogP contribution in [-0.4, -0.2) is 83.4 Å². The van der Waals surface area contributed by atoms with Crippen molar-refractivity contribution in [3.8, 4) is 0 Å². The second-order valence-corrected chi connectivity index (χ2v) is 16.4. The van der Waals surface area contributed by atoms with Crippen LogP contribution in [0.5, 0.6) is 0 Å². The summed E-state index contributed by atoms with van der Waals surface area (Å²) in [5.74, 6) is 0.0935. The Morgan fingerprint density at radius 3 is 2.37 bits per heavy atom. The first-order chi connectivity index (χ1) is 23.0. The number of carbonyl (C=O) groups is 4. The first-order valence-corrected chi connectivity index (χ1v) is 18.4. The molecule has 0 radical (unpaired) electrons. The van der Waals surface area contributed by atoms with Crippen molar-refractivity contribution in [1.82, 2.24) is 0 Å². The second kappa shape index (κ2) is 14.7. The summed E-state index contributed by atoms with van der Waals surface area (Å²) < 4.78 is 28.0. The lowest BCUT2D eigenvalue weighted by Gasteiger charge is -2.59. The van der Waals surface area contributed by atoms with Crippen molar-refractivity contribution in [3.05, 3.63) is 11.6 Å². The third kappa shape index (κ3) is 7.65. The number of carbonyl (C=O) groups excluding carboxylic acids is 4. The zero-order chi connectivity index (χ0) is 35.9. The molecule has 0 spiro atoms. The summed E-state index contributed by atoms with van der Waals surface area (Å²) in [6, 6.07) is 0. The topological polar surface area (TPSA) is 155 Å². The van der Waals surface area contributed by atoms with Crippen LogP contribution in [-0.2, 0) is 42.9 Å². The van der Waals surface area contributed by atoms with E-state index in [-0.39, 0.29) is 41.7 Å². The van der Waals surface area contributed by atoms with Crippen molar-refractivity contribution in [3.63, 3.8) is 0 Å². The molecule has 49 heavy (non-hydrogen) atoms. The summed E-state index contributed by atoms with van der Waals surface area (Å²) in [6.07, 6.45) is 5.30. The monoisotopic (exact) mass is 690 g/mol. The molecule has 0 unspecified atom stereocenters. The van der Waals surface area contributed by atoms with Crippen LogP contribution in [0.25, 0.3) is 0 Å². The van der Waals surface area contributed by atoms with Crippen molar-refractivity contribution in [1.29, 1.82) is 0 Å². The highest BCUT2D eigenvalue weighted by Gasteiger charge is 2.63. The second-order valence-electron chi connectivity index (χ2n) is 16.4. The van der Waals surface area contributed by atoms with Gasteiger partial charge in [-0.05, 0) is 111 Å². The van der Waals surface area contributed by atoms with E-state index in [0.717, 1.165) is 44.9 Å². The summed E-state index contributed by atoms with van der Waals surface area (Å²) in [5.41, 5.74) is 0.101. The summed E-state index contributed by atoms with van der Waals surface area (Å²) >= 11 is 0. The molecule has 4 fully saturated rings. The molecule has 0 aromatic carbocycles. The van der Waals surface area contributed by atoms with Gasteiger partial charge >= 0.3 is 17.9 Å². The molecule has 13 atom stereocenters. The van der Waals surface area contributed by atoms with Gasteiger partial charge < -0.3 is 33.9 Å². The van der Waals surface area contributed by atoms with E-state index in [1.165, 1.54) is 26.3 Å². The van der Waals surface area contributed by atoms with Gasteiger partial charge in [0.1, 0.15) is 17.8 Å². The van der Waals surface area contributed by atoms with Gasteiger partial charge in [-0.25, -0.2) is 0 Å². The Morgan fingerprint density at radius 1 is 0.980 bits per heavy atom. The van der Waals surface area contributed by atoms with E-state index in [2.05, 4.69) is 13.8 Å². The Hall–Kier alpha value is -2.34. The molecular formula is C38H58O11. The Labute approximate surface area is 290 Å². The minimum Gasteiger partial charge on any atom is -0.459 e. The van der Waals surface area contributed by atoms with Crippen LogP contribution in [0.4, 0.5) is 0 Å². The van der Waals surface area contributed by atoms with Gasteiger partial charge in [-0.1, -0.05) is 26.3 Å². The minimum absolute atomic E-state index is 0.0358. The number of aliphatic hydroxyl groups excluding tert-OH is 1. The summed E-state index contributed by atoms with van der Waals surface area (Å²) in [6.45, 7) is 12.4. The fraction of sp³-hybridized carbons (Fsp3) is 0.842. The normalized spacial score (nSPS) is 39.6. The predicted molar refractivity (Wildman–Crippen MR) is 178 cm³/mol. The van der Waals surface area contributed by atoms with Gasteiger partial charge in [0, 0.05) is 27.2 Å². The third-order valence-electron chi connectivity index (χ3n) is 13.1. The molecule has 3 saturated carbocycles. The summed E-state index contributed by atoms with van der Waals surface area (Å²) in [7, 11) is 0. The molecule has 5 rings (SSSR count). The van der Waals surface area contributed by atoms with Crippen LogP contribution in [0.1, 0.15) is 113 Å². The Balaban J connectivity index is 1.23. The van der Waals surface area contributed by atoms with Gasteiger partial charge in [0.2, 0.25) is 0 Å². The van der Waals surface area contributed by atoms with Crippen molar-refractivity contribution in [2.75, 3.05) is 13.2 Å². The molecule has 1 aliphatic heterocycles. The van der Waals surface area contributed by atoms with Gasteiger partial charge in [0.05, 0.1) is 13.2 Å². The number of ether oxygens (including phenoxy) is 5. The van der Waals surface area contributed by atoms with Crippen molar-refractivity contribution in [2.45, 2.75) is 149 Å². The number of allylic oxidation sites excluding steroid dienone is 1. The molecule has 1 heterocycles. The highest BCUT2D eigenvalue weighted by Crippen LogP contribution is 2.68. The largest absolute Gasteiger partial charge is 0.459 e. The summed E-state index contributed by atoms with van der Waals surface area (Å²) in [5, 5.41) is 23.1. The third-order valence-corrected chi connectivity index (χ3v) is 13.1. The standard InChI is InChI=1S/C38H58O11/c1-21(19-45-35-34(49-24(4)41)33(43)30(20-46-35)47-22(2)39)8-13-32(48-23(3)40)38(7,44)31-12-11-28-27-10-9-25-18-26(42)14-16-36(25,5)29(27)15-17-37(28,31)6/h18,21,27-35,43-44H,8-17,19-20H2,1-7H3/t21-,27-,28-,29-,30+,31-,32+,33+,34-,35+,36-,37-,38+/m0/s1. The Morgan fingerprint density at radius 2 is 1.69 bits per heavy atom. The number of rotatable bonds is 11. The van der Waals surface area contributed by atoms with Crippen LogP contribution >= 0.6 is 0 Å². The van der Waals surface area contributed by atoms with Crippen LogP contribution < -0.4 is 0 Å². The maximum absolute atomic E-state index is 12.4. The SMILES string of the molecule is CC(=O)O[C@@H]1[C@H](OC[C@@H](C)CC[C@@H](OC(C)=O)[C@](C)(O)[C@H]2CC[C@H]3[C@@H]4CCC5=CC(=O)CC[C@]5(C)[C@H]4CC[C@]23C)OC[C@@H](OC(C)=O)[C@H]1O. The number of esters is 3. The lowest BCUT2D eigenvalue weighted by molar-refractivity contribution is -0.280. The first-order valence-electron chi connectivity index (χ1n) is 18.4. The molecule has 0 bridgehead atoms. The highest BCUT2D eigenvalue weighted by atomic mass is 16.7. The average Bonchev–Trinajstić information content (AvgIpc) is 3.38. The van der Waals surface area contributed by atoms with Gasteiger partial charge in [0.25, 0.3) is 0 Å². The fourth-order valence-corrected chi connectivity index (χ4v) is 10.7. The first kappa shape index (κ1) is 37.9. The zero-order valence-corrected chi connectivity index (χ0v) is 30.4. The molecule has 0 amide bonds. The molecule has 11 nitrogen and oxygen atoms in total. The average molecular weight is 691 g/mol. The van der Waals surface area contributed by atoms with E-state index in [1.54, 1.807) is 0 Å². The van der Waals surface area contributed by atoms with Gasteiger partial charge in [-0.15, -0.1) is 0 Å². The van der Waals surface area contributed by atoms with E-state index in [0.29, 0.717) is 37.0 Å². The molecule has 5 aliphatic rings. The summed E-state index contributed by atoms with van der Waals surface area (Å²) in [4.78, 5) is 47.9. The molecule has 4 aliphatic carbocycles. The van der Waals surface area contributed by atoms with Crippen molar-refractivity contribution >= 4 is 23.7 Å². The number of aliphatic hydroxyl groups is 2. The number of hydrogen-bond donors (Lipinski definition) is 2. The Kier molecular flexibility index (Phi) is 11.4. The molecule has 11 heteroatoms. The number of ketones is 1. The minimum atomic E-state index is -1.32. The van der Waals surface area contributed by atoms with Crippen molar-refractivity contribution < 1.29 is 53.1 Å². The van der Waals surface area contributed by atoms with E-state index in [9.17, 15) is 29.4 Å². The van der Waals surface area contributed by atoms with Crippen LogP contribution in [0.15, 0.2) is 11.6 Å². The molecule has 0 aromatic heterocycles. The van der Waals surface area contributed by atoms with Gasteiger partial charge in [-0.2, -0.15) is 0 Å². The van der Waals surface area contributed by atoms with E-state index >= 15 is 0 Å². The van der Waals surface area contributed by atoms with Crippen LogP contribution in [0.3, 0.4) is 0 Å². The van der Waals surface area contributed by atoms with E-state index < -0.39 is 54.2 Å². The number of hydrogen-bond acceptors (Lipinski definition) is 11. The maximum atomic E-state index is 12.4. The van der Waals surface area contributed by atoms with Gasteiger partial charge in [-0.3, -0.25) is 19.2 Å². The van der Waals surface area contributed by atoms with Crippen LogP contribution in [0, 0.1) is 40.4 Å². The molecule has 1 saturated heterocycles.